The van der Waals surface area contributed by atoms with Crippen LogP contribution in [0.5, 0.6) is 34.5 Å². The highest BCUT2D eigenvalue weighted by Crippen LogP contribution is 2.40. The second-order valence-electron chi connectivity index (χ2n) is 14.6. The van der Waals surface area contributed by atoms with Crippen LogP contribution in [0, 0.1) is 11.8 Å². The Kier molecular flexibility index (Phi) is 12.8. The van der Waals surface area contributed by atoms with Gasteiger partial charge in [0.2, 0.25) is 0 Å². The summed E-state index contributed by atoms with van der Waals surface area (Å²) in [5.41, 5.74) is 2.84. The number of ether oxygens (including phenoxy) is 8. The number of benzene rings is 3. The number of carbonyl (C=O) groups excluding carboxylic acids is 2. The highest BCUT2D eigenvalue weighted by atomic mass is 16.6. The Labute approximate surface area is 338 Å². The third-order valence-corrected chi connectivity index (χ3v) is 11.3. The fourth-order valence-corrected chi connectivity index (χ4v) is 8.11. The van der Waals surface area contributed by atoms with Crippen molar-refractivity contribution in [1.82, 2.24) is 9.80 Å². The number of phenols is 1. The van der Waals surface area contributed by atoms with Gasteiger partial charge in [-0.25, -0.2) is 0 Å². The molecule has 0 aromatic heterocycles. The minimum atomic E-state index is -0.242. The Morgan fingerprint density at radius 1 is 0.672 bits per heavy atom. The van der Waals surface area contributed by atoms with Gasteiger partial charge in [0.1, 0.15) is 26.4 Å². The second-order valence-corrected chi connectivity index (χ2v) is 14.6. The van der Waals surface area contributed by atoms with Gasteiger partial charge in [-0.3, -0.25) is 9.59 Å². The normalized spacial score (nSPS) is 22.8. The number of rotatable bonds is 4. The van der Waals surface area contributed by atoms with Gasteiger partial charge in [-0.1, -0.05) is 0 Å². The Hall–Kier alpha value is -5.60. The number of phenolic OH excluding ortho intramolecular Hbond substituents is 1. The first-order valence-corrected chi connectivity index (χ1v) is 19.8. The quantitative estimate of drug-likeness (QED) is 0.324. The number of aliphatic hydroxyl groups excluding tert-OH is 1. The van der Waals surface area contributed by atoms with Crippen molar-refractivity contribution >= 4 is 11.8 Å². The first-order valence-electron chi connectivity index (χ1n) is 19.8. The molecule has 3 heterocycles. The van der Waals surface area contributed by atoms with Crippen molar-refractivity contribution in [3.63, 3.8) is 0 Å². The number of aromatic hydroxyl groups is 1. The lowest BCUT2D eigenvalue weighted by Gasteiger charge is -2.43. The van der Waals surface area contributed by atoms with Crippen molar-refractivity contribution < 1.29 is 57.7 Å². The van der Waals surface area contributed by atoms with Gasteiger partial charge >= 0.3 is 0 Å². The fourth-order valence-electron chi connectivity index (χ4n) is 8.11. The molecule has 0 unspecified atom stereocenters. The van der Waals surface area contributed by atoms with E-state index in [2.05, 4.69) is 0 Å². The van der Waals surface area contributed by atoms with Crippen LogP contribution in [0.2, 0.25) is 0 Å². The average Bonchev–Trinajstić information content (AvgIpc) is 3.22. The number of carbonyl (C=O) groups is 2. The van der Waals surface area contributed by atoms with Gasteiger partial charge in [-0.15, -0.1) is 0 Å². The smallest absolute Gasteiger partial charge is 0.254 e. The molecule has 0 spiro atoms. The second kappa shape index (κ2) is 18.3. The van der Waals surface area contributed by atoms with Crippen LogP contribution >= 0.6 is 0 Å². The summed E-state index contributed by atoms with van der Waals surface area (Å²) >= 11 is 0. The fraction of sp³-hybridized carbons (Fsp3) is 0.455. The summed E-state index contributed by atoms with van der Waals surface area (Å²) in [7, 11) is 3.03. The summed E-state index contributed by atoms with van der Waals surface area (Å²) in [5.74, 6) is 2.65. The van der Waals surface area contributed by atoms with Crippen LogP contribution in [-0.2, 0) is 20.6 Å². The summed E-state index contributed by atoms with van der Waals surface area (Å²) in [6, 6.07) is 13.5. The van der Waals surface area contributed by atoms with Crippen molar-refractivity contribution in [3.8, 4) is 34.5 Å². The minimum absolute atomic E-state index is 0.0110. The van der Waals surface area contributed by atoms with Crippen LogP contribution in [-0.4, -0.2) is 118 Å². The molecule has 58 heavy (non-hydrogen) atoms. The van der Waals surface area contributed by atoms with E-state index in [1.165, 1.54) is 14.2 Å². The molecule has 0 saturated carbocycles. The zero-order valence-corrected chi connectivity index (χ0v) is 33.4. The molecule has 2 amide bonds. The molecule has 7 rings (SSSR count). The molecule has 14 heteroatoms. The minimum Gasteiger partial charge on any atom is -0.504 e. The lowest BCUT2D eigenvalue weighted by molar-refractivity contribution is 0.0499. The molecule has 3 aromatic rings. The van der Waals surface area contributed by atoms with Gasteiger partial charge in [0, 0.05) is 36.2 Å². The first kappa shape index (κ1) is 40.6. The number of nitrogens with zero attached hydrogens (tertiary/aromatic N) is 2. The van der Waals surface area contributed by atoms with Gasteiger partial charge in [0.25, 0.3) is 11.8 Å². The molecule has 310 valence electrons. The lowest BCUT2D eigenvalue weighted by atomic mass is 9.77. The van der Waals surface area contributed by atoms with Crippen molar-refractivity contribution in [2.75, 3.05) is 80.2 Å². The van der Waals surface area contributed by atoms with Crippen molar-refractivity contribution in [2.24, 2.45) is 11.8 Å². The molecule has 1 aliphatic carbocycles. The van der Waals surface area contributed by atoms with E-state index in [0.29, 0.717) is 65.1 Å². The molecule has 14 nitrogen and oxygen atoms in total. The zero-order chi connectivity index (χ0) is 40.8. The van der Waals surface area contributed by atoms with E-state index in [4.69, 9.17) is 37.9 Å². The zero-order valence-electron chi connectivity index (χ0n) is 33.4. The number of piperidine rings is 1. The van der Waals surface area contributed by atoms with Crippen LogP contribution in [0.3, 0.4) is 0 Å². The number of hydrogen-bond donors (Lipinski definition) is 2. The Balaban J connectivity index is 0.984. The summed E-state index contributed by atoms with van der Waals surface area (Å²) in [6.07, 6.45) is 5.06. The number of allylic oxidation sites excluding steroid dienone is 1. The molecule has 3 aromatic carbocycles. The molecule has 0 bridgehead atoms. The largest absolute Gasteiger partial charge is 0.504 e. The number of hydrogen-bond acceptors (Lipinski definition) is 12. The molecule has 1 saturated heterocycles. The third kappa shape index (κ3) is 8.77. The van der Waals surface area contributed by atoms with E-state index in [9.17, 15) is 19.8 Å². The number of aliphatic hydroxyl groups is 1. The highest BCUT2D eigenvalue weighted by molar-refractivity contribution is 5.96. The molecule has 0 radical (unpaired) electrons. The van der Waals surface area contributed by atoms with Crippen LogP contribution in [0.4, 0.5) is 0 Å². The Morgan fingerprint density at radius 3 is 1.81 bits per heavy atom. The Bertz CT molecular complexity index is 2030. The summed E-state index contributed by atoms with van der Waals surface area (Å²) in [6.45, 7) is 6.90. The van der Waals surface area contributed by atoms with Crippen LogP contribution in [0.25, 0.3) is 0 Å². The molecular weight excluding hydrogens is 748 g/mol. The summed E-state index contributed by atoms with van der Waals surface area (Å²) < 4.78 is 46.7. The average molecular weight is 801 g/mol. The monoisotopic (exact) mass is 800 g/mol. The SMILES string of the molecule is COC1=C[C@@H]2[C@H](C=C1O)CCN(C(=O)c1ccc3c(c1)OCCOCCOc1cc(C(=O)N4CCc5cc(O)c(OC)cc5[C@@H]4C)ccc1OCCOCCO3)[C@@H]2C. The topological polar surface area (TPSA) is 155 Å². The van der Waals surface area contributed by atoms with Crippen LogP contribution in [0.15, 0.2) is 72.2 Å². The van der Waals surface area contributed by atoms with Crippen LogP contribution < -0.4 is 23.7 Å². The predicted octanol–water partition coefficient (Wildman–Crippen LogP) is 5.88. The predicted molar refractivity (Wildman–Crippen MR) is 212 cm³/mol. The molecule has 1 fully saturated rings. The third-order valence-electron chi connectivity index (χ3n) is 11.3. The van der Waals surface area contributed by atoms with Gasteiger partial charge < -0.3 is 57.9 Å². The summed E-state index contributed by atoms with van der Waals surface area (Å²) in [4.78, 5) is 31.5. The maximum Gasteiger partial charge on any atom is 0.254 e. The number of fused-ring (bicyclic) bond motifs is 4. The highest BCUT2D eigenvalue weighted by Gasteiger charge is 2.39. The van der Waals surface area contributed by atoms with E-state index >= 15 is 0 Å². The molecule has 2 N–H and O–H groups in total. The Morgan fingerprint density at radius 2 is 1.24 bits per heavy atom. The van der Waals surface area contributed by atoms with E-state index in [0.717, 1.165) is 17.5 Å². The first-order chi connectivity index (χ1) is 28.2. The van der Waals surface area contributed by atoms with Gasteiger partial charge in [-0.05, 0) is 104 Å². The van der Waals surface area contributed by atoms with E-state index in [1.54, 1.807) is 53.4 Å². The lowest BCUT2D eigenvalue weighted by Crippen LogP contribution is -2.50. The molecule has 4 atom stereocenters. The van der Waals surface area contributed by atoms with Gasteiger partial charge in [0.05, 0.1) is 46.7 Å². The van der Waals surface area contributed by atoms with Crippen molar-refractivity contribution in [2.45, 2.75) is 38.8 Å². The molecule has 3 aliphatic heterocycles. The number of amides is 2. The molecule has 4 aliphatic rings. The van der Waals surface area contributed by atoms with Crippen molar-refractivity contribution in [1.29, 1.82) is 0 Å². The van der Waals surface area contributed by atoms with Gasteiger partial charge in [-0.2, -0.15) is 0 Å². The van der Waals surface area contributed by atoms with E-state index in [1.807, 2.05) is 30.9 Å². The maximum absolute atomic E-state index is 13.9. The van der Waals surface area contributed by atoms with E-state index < -0.39 is 0 Å². The molecular formula is C44H52N2O12. The van der Waals surface area contributed by atoms with Crippen LogP contribution in [0.1, 0.15) is 58.2 Å². The summed E-state index contributed by atoms with van der Waals surface area (Å²) in [5, 5.41) is 20.6. The maximum atomic E-state index is 13.9. The van der Waals surface area contributed by atoms with Crippen molar-refractivity contribution in [3.05, 3.63) is 94.5 Å². The number of methoxy groups -OCH3 is 2. The van der Waals surface area contributed by atoms with E-state index in [-0.39, 0.29) is 100 Å². The van der Waals surface area contributed by atoms with Gasteiger partial charge in [0.15, 0.2) is 46.0 Å². The number of likely N-dealkylation sites (tertiary alicyclic amines) is 1. The standard InChI is InChI=1S/C44H52N2O12/c1-27-33-25-39(51-3)35(47)21-29(33)9-11-45(27)43(49)31-5-7-37-41(23-31)57-19-15-54-16-20-58-42-24-32(6-8-38(42)56-18-14-53-13-17-55-37)44(50)46-12-10-30-22-36(48)40(52-4)26-34(30)28(46)2/h5-8,21-29,33,47-48H,9-20H2,1-4H3/t27-,28+,29+,33+/m1/s1.